The van der Waals surface area contributed by atoms with E-state index in [1.54, 1.807) is 0 Å². The van der Waals surface area contributed by atoms with Gasteiger partial charge in [0.05, 0.1) is 22.4 Å². The summed E-state index contributed by atoms with van der Waals surface area (Å²) < 4.78 is 2.48. The molecule has 3 nitrogen and oxygen atoms in total. The first-order valence-electron chi connectivity index (χ1n) is 18.3. The number of hydrogen-bond donors (Lipinski definition) is 0. The number of aromatic nitrogens is 3. The fourth-order valence-electron chi connectivity index (χ4n) is 8.36. The van der Waals surface area contributed by atoms with Gasteiger partial charge in [-0.05, 0) is 76.9 Å². The van der Waals surface area contributed by atoms with E-state index in [0.717, 1.165) is 39.6 Å². The minimum Gasteiger partial charge on any atom is -0.309 e. The van der Waals surface area contributed by atoms with E-state index in [2.05, 4.69) is 158 Å². The van der Waals surface area contributed by atoms with Gasteiger partial charge in [-0.3, -0.25) is 0 Å². The lowest BCUT2D eigenvalue weighted by molar-refractivity contribution is 0.661. The van der Waals surface area contributed by atoms with E-state index in [4.69, 9.17) is 9.97 Å². The minimum absolute atomic E-state index is 0.0994. The fraction of sp³-hybridized carbons (Fsp3) is 0.0612. The van der Waals surface area contributed by atoms with Crippen molar-refractivity contribution in [3.05, 3.63) is 175 Å². The molecule has 7 aromatic carbocycles. The van der Waals surface area contributed by atoms with Crippen LogP contribution in [0.5, 0.6) is 0 Å². The van der Waals surface area contributed by atoms with E-state index >= 15 is 0 Å². The monoisotopic (exact) mass is 727 g/mol. The van der Waals surface area contributed by atoms with Crippen molar-refractivity contribution in [2.75, 3.05) is 0 Å². The van der Waals surface area contributed by atoms with E-state index < -0.39 is 0 Å². The zero-order valence-electron chi connectivity index (χ0n) is 29.7. The lowest BCUT2D eigenvalue weighted by atomic mass is 9.82. The molecule has 0 saturated carbocycles. The lowest BCUT2D eigenvalue weighted by Gasteiger charge is -2.21. The van der Waals surface area contributed by atoms with E-state index in [1.807, 2.05) is 47.8 Å². The van der Waals surface area contributed by atoms with Crippen molar-refractivity contribution in [2.24, 2.45) is 0 Å². The molecule has 9 aromatic rings. The maximum absolute atomic E-state index is 5.11. The van der Waals surface area contributed by atoms with Gasteiger partial charge >= 0.3 is 0 Å². The van der Waals surface area contributed by atoms with Crippen LogP contribution in [0.15, 0.2) is 183 Å². The Morgan fingerprint density at radius 2 is 1.00 bits per heavy atom. The Morgan fingerprint density at radius 3 is 1.70 bits per heavy atom. The highest BCUT2D eigenvalue weighted by Crippen LogP contribution is 2.53. The Labute approximate surface area is 322 Å². The van der Waals surface area contributed by atoms with Gasteiger partial charge < -0.3 is 4.57 Å². The van der Waals surface area contributed by atoms with Crippen molar-refractivity contribution in [3.63, 3.8) is 0 Å². The summed E-state index contributed by atoms with van der Waals surface area (Å²) in [5.41, 5.74) is 13.9. The first-order valence-corrected chi connectivity index (χ1v) is 19.9. The number of rotatable bonds is 4. The molecule has 0 radical (unpaired) electrons. The molecule has 5 heteroatoms. The Balaban J connectivity index is 1.10. The van der Waals surface area contributed by atoms with Gasteiger partial charge in [0.25, 0.3) is 0 Å². The average Bonchev–Trinajstić information content (AvgIpc) is 3.65. The summed E-state index contributed by atoms with van der Waals surface area (Å²) >= 11 is 3.75. The summed E-state index contributed by atoms with van der Waals surface area (Å²) in [6.07, 6.45) is 0. The molecular formula is C49H33N3S2. The first-order chi connectivity index (χ1) is 26.5. The Kier molecular flexibility index (Phi) is 7.07. The summed E-state index contributed by atoms with van der Waals surface area (Å²) in [4.78, 5) is 15.4. The smallest absolute Gasteiger partial charge is 0.160 e. The number of fused-ring (bicyclic) bond motifs is 8. The number of hydrogen-bond acceptors (Lipinski definition) is 4. The molecule has 2 aromatic heterocycles. The highest BCUT2D eigenvalue weighted by molar-refractivity contribution is 8.05. The van der Waals surface area contributed by atoms with Gasteiger partial charge in [0.2, 0.25) is 0 Å². The molecule has 3 heterocycles. The van der Waals surface area contributed by atoms with Crippen LogP contribution in [0.4, 0.5) is 0 Å². The van der Waals surface area contributed by atoms with Gasteiger partial charge in [-0.25, -0.2) is 9.97 Å². The topological polar surface area (TPSA) is 30.7 Å². The Bertz CT molecular complexity index is 2890. The maximum atomic E-state index is 5.11. The van der Waals surface area contributed by atoms with E-state index in [9.17, 15) is 0 Å². The van der Waals surface area contributed by atoms with E-state index in [1.165, 1.54) is 63.6 Å². The van der Waals surface area contributed by atoms with Gasteiger partial charge in [0.1, 0.15) is 0 Å². The third-order valence-corrected chi connectivity index (χ3v) is 13.6. The zero-order chi connectivity index (χ0) is 36.0. The maximum Gasteiger partial charge on any atom is 0.160 e. The van der Waals surface area contributed by atoms with Gasteiger partial charge in [-0.1, -0.05) is 147 Å². The van der Waals surface area contributed by atoms with Crippen LogP contribution in [0.1, 0.15) is 25.0 Å². The quantitative estimate of drug-likeness (QED) is 0.181. The van der Waals surface area contributed by atoms with Crippen LogP contribution >= 0.6 is 23.5 Å². The molecular weight excluding hydrogens is 695 g/mol. The normalized spacial score (nSPS) is 13.7. The van der Waals surface area contributed by atoms with Gasteiger partial charge in [-0.15, -0.1) is 0 Å². The Morgan fingerprint density at radius 1 is 0.444 bits per heavy atom. The highest BCUT2D eigenvalue weighted by atomic mass is 32.2. The molecule has 54 heavy (non-hydrogen) atoms. The molecule has 2 aliphatic rings. The Hall–Kier alpha value is -5.88. The minimum atomic E-state index is -0.0994. The number of nitrogens with zero attached hydrogens (tertiary/aromatic N) is 3. The number of benzene rings is 7. The molecule has 11 rings (SSSR count). The van der Waals surface area contributed by atoms with Crippen LogP contribution in [-0.2, 0) is 5.41 Å². The van der Waals surface area contributed by atoms with Crippen molar-refractivity contribution in [1.29, 1.82) is 0 Å². The molecule has 1 aliphatic heterocycles. The summed E-state index contributed by atoms with van der Waals surface area (Å²) in [5, 5.41) is 2.56. The second kappa shape index (κ2) is 12.1. The summed E-state index contributed by atoms with van der Waals surface area (Å²) in [6, 6.07) is 59.1. The molecule has 0 spiro atoms. The molecule has 0 fully saturated rings. The fourth-order valence-corrected chi connectivity index (χ4v) is 10.6. The van der Waals surface area contributed by atoms with Crippen LogP contribution in [0.2, 0.25) is 0 Å². The second-order valence-electron chi connectivity index (χ2n) is 14.6. The van der Waals surface area contributed by atoms with Crippen molar-refractivity contribution < 1.29 is 0 Å². The van der Waals surface area contributed by atoms with Crippen molar-refractivity contribution in [1.82, 2.24) is 14.5 Å². The molecule has 0 unspecified atom stereocenters. The molecule has 0 saturated heterocycles. The molecule has 0 atom stereocenters. The lowest BCUT2D eigenvalue weighted by Crippen LogP contribution is -2.14. The zero-order valence-corrected chi connectivity index (χ0v) is 31.4. The molecule has 1 aliphatic carbocycles. The van der Waals surface area contributed by atoms with Crippen LogP contribution < -0.4 is 0 Å². The SMILES string of the molecule is CC1(C)c2ccccc2-c2cc3c4cc5c(cc4n(-c4ccc(-c6cc(-c7ccccc7)nc(-c7ccccc7)n6)cc4)c3cc21)Sc1ccccc1S5. The molecule has 0 amide bonds. The third kappa shape index (κ3) is 4.92. The molecule has 0 N–H and O–H groups in total. The van der Waals surface area contributed by atoms with Crippen LogP contribution in [-0.4, -0.2) is 14.5 Å². The van der Waals surface area contributed by atoms with Crippen molar-refractivity contribution in [3.8, 4) is 50.7 Å². The average molecular weight is 728 g/mol. The van der Waals surface area contributed by atoms with Crippen LogP contribution in [0, 0.1) is 0 Å². The first kappa shape index (κ1) is 31.6. The highest BCUT2D eigenvalue weighted by Gasteiger charge is 2.36. The van der Waals surface area contributed by atoms with Crippen LogP contribution in [0.3, 0.4) is 0 Å². The van der Waals surface area contributed by atoms with E-state index in [-0.39, 0.29) is 5.41 Å². The van der Waals surface area contributed by atoms with Gasteiger partial charge in [0.15, 0.2) is 5.82 Å². The summed E-state index contributed by atoms with van der Waals surface area (Å²) in [7, 11) is 0. The van der Waals surface area contributed by atoms with Crippen molar-refractivity contribution in [2.45, 2.75) is 38.8 Å². The van der Waals surface area contributed by atoms with Crippen molar-refractivity contribution >= 4 is 45.3 Å². The third-order valence-electron chi connectivity index (χ3n) is 11.1. The largest absolute Gasteiger partial charge is 0.309 e. The summed E-state index contributed by atoms with van der Waals surface area (Å²) in [5.74, 6) is 0.720. The molecule has 256 valence electrons. The summed E-state index contributed by atoms with van der Waals surface area (Å²) in [6.45, 7) is 4.73. The predicted molar refractivity (Wildman–Crippen MR) is 225 cm³/mol. The van der Waals surface area contributed by atoms with E-state index in [0.29, 0.717) is 0 Å². The van der Waals surface area contributed by atoms with Crippen LogP contribution in [0.25, 0.3) is 72.5 Å². The second-order valence-corrected chi connectivity index (χ2v) is 16.8. The molecule has 0 bridgehead atoms. The van der Waals surface area contributed by atoms with Gasteiger partial charge in [0, 0.05) is 58.1 Å². The predicted octanol–water partition coefficient (Wildman–Crippen LogP) is 13.5. The standard InChI is InChI=1S/C49H33N3S2/c1-49(2)38-18-10-9-17-34(38)35-25-36-37-26-46-47(54-45-20-12-11-19-44(45)53-46)29-43(37)52(42(36)27-39(35)49)33-23-21-31(22-24-33)41-28-40(30-13-5-3-6-14-30)50-48(51-41)32-15-7-4-8-16-32/h3-29H,1-2H3. The van der Waals surface area contributed by atoms with Gasteiger partial charge in [-0.2, -0.15) is 0 Å².